The molecule has 1 amide bonds. The number of hydrogen-bond acceptors (Lipinski definition) is 7. The molecule has 0 spiro atoms. The second kappa shape index (κ2) is 12.1. The van der Waals surface area contributed by atoms with E-state index in [4.69, 9.17) is 4.84 Å². The van der Waals surface area contributed by atoms with Crippen LogP contribution in [0.25, 0.3) is 0 Å². The lowest BCUT2D eigenvalue weighted by molar-refractivity contribution is -0.384. The summed E-state index contributed by atoms with van der Waals surface area (Å²) in [6.45, 7) is -0.534. The van der Waals surface area contributed by atoms with Crippen molar-refractivity contribution in [1.29, 1.82) is 0 Å². The highest BCUT2D eigenvalue weighted by atomic mass is 32.2. The van der Waals surface area contributed by atoms with Gasteiger partial charge in [-0.15, -0.1) is 0 Å². The predicted molar refractivity (Wildman–Crippen MR) is 126 cm³/mol. The molecule has 2 atom stereocenters. The monoisotopic (exact) mass is 507 g/mol. The summed E-state index contributed by atoms with van der Waals surface area (Å²) < 4.78 is 27.5. The summed E-state index contributed by atoms with van der Waals surface area (Å²) in [6, 6.07) is 12.2. The van der Waals surface area contributed by atoms with E-state index < -0.39 is 39.7 Å². The van der Waals surface area contributed by atoms with Crippen molar-refractivity contribution in [3.8, 4) is 0 Å². The number of carboxylic acid groups (broad SMARTS) is 1. The number of hydroxylamine groups is 1. The summed E-state index contributed by atoms with van der Waals surface area (Å²) in [6.07, 6.45) is 0.981. The number of amides is 1. The van der Waals surface area contributed by atoms with Gasteiger partial charge in [0.1, 0.15) is 0 Å². The van der Waals surface area contributed by atoms with Crippen LogP contribution in [0.2, 0.25) is 0 Å². The quantitative estimate of drug-likeness (QED) is 0.309. The first-order valence-corrected chi connectivity index (χ1v) is 12.8. The molecule has 1 fully saturated rings. The average molecular weight is 508 g/mol. The second-order valence-corrected chi connectivity index (χ2v) is 10.2. The third-order valence-electron chi connectivity index (χ3n) is 5.84. The topological polar surface area (TPSA) is 159 Å². The molecule has 2 aromatic carbocycles. The number of non-ortho nitro benzene ring substituents is 1. The van der Waals surface area contributed by atoms with Crippen LogP contribution in [0.4, 0.5) is 10.5 Å². The van der Waals surface area contributed by atoms with Gasteiger partial charge in [-0.1, -0.05) is 54.1 Å². The Balaban J connectivity index is 1.86. The maximum atomic E-state index is 13.4. The molecule has 11 nitrogen and oxygen atoms in total. The van der Waals surface area contributed by atoms with E-state index in [-0.39, 0.29) is 23.1 Å². The van der Waals surface area contributed by atoms with Gasteiger partial charge < -0.3 is 15.5 Å². The third kappa shape index (κ3) is 7.46. The Bertz CT molecular complexity index is 1090. The van der Waals surface area contributed by atoms with Gasteiger partial charge in [0.05, 0.1) is 34.6 Å². The summed E-state index contributed by atoms with van der Waals surface area (Å²) in [5.74, 6) is 0. The molecule has 35 heavy (non-hydrogen) atoms. The number of nitro groups is 1. The van der Waals surface area contributed by atoms with Crippen molar-refractivity contribution in [2.45, 2.75) is 61.7 Å². The van der Waals surface area contributed by atoms with Crippen molar-refractivity contribution in [2.24, 2.45) is 0 Å². The van der Waals surface area contributed by atoms with E-state index in [0.29, 0.717) is 17.3 Å². The highest BCUT2D eigenvalue weighted by Crippen LogP contribution is 2.26. The normalized spacial score (nSPS) is 16.5. The summed E-state index contributed by atoms with van der Waals surface area (Å²) in [4.78, 5) is 27.3. The number of benzene rings is 2. The Kier molecular flexibility index (Phi) is 9.15. The van der Waals surface area contributed by atoms with Crippen LogP contribution in [-0.4, -0.2) is 58.9 Å². The third-order valence-corrected chi connectivity index (χ3v) is 7.48. The first-order valence-electron chi connectivity index (χ1n) is 11.3. The van der Waals surface area contributed by atoms with Crippen LogP contribution in [0.15, 0.2) is 59.5 Å². The number of nitrogens with one attached hydrogen (secondary N) is 1. The van der Waals surface area contributed by atoms with Crippen LogP contribution >= 0.6 is 0 Å². The molecular weight excluding hydrogens is 478 g/mol. The number of carbonyl (C=O) groups is 1. The fraction of sp³-hybridized carbons (Fsp3) is 0.435. The number of nitrogens with zero attached hydrogens (tertiary/aromatic N) is 2. The van der Waals surface area contributed by atoms with E-state index >= 15 is 0 Å². The fourth-order valence-corrected chi connectivity index (χ4v) is 5.28. The summed E-state index contributed by atoms with van der Waals surface area (Å²) in [5.41, 5.74) is 0.487. The van der Waals surface area contributed by atoms with Crippen molar-refractivity contribution in [3.05, 3.63) is 70.3 Å². The molecule has 1 aliphatic carbocycles. The fourth-order valence-electron chi connectivity index (χ4n) is 3.98. The van der Waals surface area contributed by atoms with E-state index in [9.17, 15) is 33.5 Å². The minimum atomic E-state index is -4.32. The molecule has 3 rings (SSSR count). The molecule has 190 valence electrons. The molecule has 0 saturated heterocycles. The maximum Gasteiger partial charge on any atom is 0.404 e. The van der Waals surface area contributed by atoms with E-state index in [2.05, 4.69) is 5.32 Å². The van der Waals surface area contributed by atoms with Crippen molar-refractivity contribution >= 4 is 21.8 Å². The number of sulfonamides is 1. The van der Waals surface area contributed by atoms with E-state index in [0.717, 1.165) is 49.1 Å². The first-order chi connectivity index (χ1) is 16.7. The zero-order valence-corrected chi connectivity index (χ0v) is 19.8. The van der Waals surface area contributed by atoms with Gasteiger partial charge in [0.15, 0.2) is 0 Å². The molecule has 0 aromatic heterocycles. The standard InChI is InChI=1S/C23H29N3O8S/c27-22(21(24-23(28)29)15-17-7-3-1-4-8-17)16-25(34-19-9-5-2-6-10-19)35(32,33)20-13-11-18(12-14-20)26(30)31/h1,3-4,7-8,11-14,19,21-22,24,27H,2,5-6,9-10,15-16H2,(H,28,29)/t21-,22+/m0/s1. The second-order valence-electron chi connectivity index (χ2n) is 8.42. The van der Waals surface area contributed by atoms with Crippen LogP contribution < -0.4 is 5.32 Å². The molecule has 0 radical (unpaired) electrons. The average Bonchev–Trinajstić information content (AvgIpc) is 2.84. The molecule has 1 saturated carbocycles. The van der Waals surface area contributed by atoms with Gasteiger partial charge in [-0.3, -0.25) is 15.0 Å². The van der Waals surface area contributed by atoms with Crippen LogP contribution in [-0.2, 0) is 21.3 Å². The Labute approximate surface area is 203 Å². The molecule has 0 unspecified atom stereocenters. The van der Waals surface area contributed by atoms with Crippen molar-refractivity contribution in [3.63, 3.8) is 0 Å². The lowest BCUT2D eigenvalue weighted by Crippen LogP contribution is -2.50. The van der Waals surface area contributed by atoms with Crippen LogP contribution in [0.5, 0.6) is 0 Å². The number of hydrogen-bond donors (Lipinski definition) is 3. The Morgan fingerprint density at radius 1 is 1.11 bits per heavy atom. The van der Waals surface area contributed by atoms with Gasteiger partial charge in [0.25, 0.3) is 15.7 Å². The Morgan fingerprint density at radius 2 is 1.74 bits per heavy atom. The minimum absolute atomic E-state index is 0.128. The van der Waals surface area contributed by atoms with Gasteiger partial charge in [-0.05, 0) is 37.0 Å². The summed E-state index contributed by atoms with van der Waals surface area (Å²) in [7, 11) is -4.32. The van der Waals surface area contributed by atoms with E-state index in [1.807, 2.05) is 0 Å². The zero-order valence-electron chi connectivity index (χ0n) is 19.0. The highest BCUT2D eigenvalue weighted by Gasteiger charge is 2.34. The van der Waals surface area contributed by atoms with Crippen molar-refractivity contribution in [2.75, 3.05) is 6.54 Å². The van der Waals surface area contributed by atoms with Gasteiger partial charge in [-0.2, -0.15) is 0 Å². The highest BCUT2D eigenvalue weighted by molar-refractivity contribution is 7.89. The first kappa shape index (κ1) is 26.5. The molecule has 1 aliphatic rings. The van der Waals surface area contributed by atoms with Gasteiger partial charge in [-0.25, -0.2) is 13.2 Å². The number of aliphatic hydroxyl groups is 1. The van der Waals surface area contributed by atoms with E-state index in [1.165, 1.54) is 0 Å². The molecule has 2 aromatic rings. The zero-order chi connectivity index (χ0) is 25.4. The van der Waals surface area contributed by atoms with Gasteiger partial charge in [0.2, 0.25) is 0 Å². The Morgan fingerprint density at radius 3 is 2.31 bits per heavy atom. The SMILES string of the molecule is O=C(O)N[C@@H](Cc1ccccc1)[C@H](O)CN(OC1CCCCC1)S(=O)(=O)c1ccc([N+](=O)[O-])cc1. The molecule has 0 bridgehead atoms. The maximum absolute atomic E-state index is 13.4. The molecular formula is C23H29N3O8S. The molecule has 0 heterocycles. The van der Waals surface area contributed by atoms with Crippen molar-refractivity contribution in [1.82, 2.24) is 9.79 Å². The minimum Gasteiger partial charge on any atom is -0.465 e. The van der Waals surface area contributed by atoms with E-state index in [1.54, 1.807) is 30.3 Å². The largest absolute Gasteiger partial charge is 0.465 e. The predicted octanol–water partition coefficient (Wildman–Crippen LogP) is 3.09. The van der Waals surface area contributed by atoms with Crippen LogP contribution in [0.3, 0.4) is 0 Å². The molecule has 3 N–H and O–H groups in total. The van der Waals surface area contributed by atoms with Crippen molar-refractivity contribution < 1.29 is 33.2 Å². The molecule has 12 heteroatoms. The summed E-state index contributed by atoms with van der Waals surface area (Å²) >= 11 is 0. The number of nitro benzene ring substituents is 1. The van der Waals surface area contributed by atoms with Gasteiger partial charge >= 0.3 is 6.09 Å². The molecule has 0 aliphatic heterocycles. The van der Waals surface area contributed by atoms with Crippen LogP contribution in [0, 0.1) is 10.1 Å². The lowest BCUT2D eigenvalue weighted by Gasteiger charge is -2.32. The van der Waals surface area contributed by atoms with Crippen LogP contribution in [0.1, 0.15) is 37.7 Å². The smallest absolute Gasteiger partial charge is 0.404 e. The Hall–Kier alpha value is -3.06. The summed E-state index contributed by atoms with van der Waals surface area (Å²) in [5, 5.41) is 33.4. The lowest BCUT2D eigenvalue weighted by atomic mass is 9.98. The van der Waals surface area contributed by atoms with Gasteiger partial charge in [0, 0.05) is 12.1 Å². The number of aliphatic hydroxyl groups excluding tert-OH is 1. The number of rotatable bonds is 11.